The lowest BCUT2D eigenvalue weighted by atomic mass is 9.80. The van der Waals surface area contributed by atoms with Gasteiger partial charge in [0.15, 0.2) is 0 Å². The maximum atomic E-state index is 2.47. The number of fused-ring (bicyclic) bond motifs is 5. The van der Waals surface area contributed by atoms with Crippen LogP contribution in [-0.4, -0.2) is 0 Å². The molecule has 0 amide bonds. The van der Waals surface area contributed by atoms with E-state index in [9.17, 15) is 0 Å². The van der Waals surface area contributed by atoms with Gasteiger partial charge < -0.3 is 0 Å². The van der Waals surface area contributed by atoms with Crippen molar-refractivity contribution in [3.8, 4) is 33.4 Å². The average Bonchev–Trinajstić information content (AvgIpc) is 3.26. The van der Waals surface area contributed by atoms with Crippen molar-refractivity contribution >= 4 is 27.1 Å². The highest BCUT2D eigenvalue weighted by Crippen LogP contribution is 2.51. The monoisotopic (exact) mass is 524 g/mol. The van der Waals surface area contributed by atoms with Crippen molar-refractivity contribution < 1.29 is 0 Å². The van der Waals surface area contributed by atoms with Gasteiger partial charge >= 0.3 is 0 Å². The third-order valence-corrected chi connectivity index (χ3v) is 9.34. The van der Waals surface area contributed by atoms with Crippen LogP contribution in [-0.2, 0) is 5.41 Å². The first-order valence-corrected chi connectivity index (χ1v) is 14.8. The zero-order valence-corrected chi connectivity index (χ0v) is 23.6. The molecule has 0 heterocycles. The van der Waals surface area contributed by atoms with E-state index in [-0.39, 0.29) is 5.41 Å². The summed E-state index contributed by atoms with van der Waals surface area (Å²) in [5.74, 6) is 0. The van der Waals surface area contributed by atoms with Crippen molar-refractivity contribution in [3.63, 3.8) is 0 Å². The fraction of sp³-hybridized carbons (Fsp3) is 0.122. The Bertz CT molecular complexity index is 2050. The molecule has 0 fully saturated rings. The first-order chi connectivity index (χ1) is 20.1. The SMILES string of the molecule is CC1(C)c2ccccc2-c2ccc(-c3c4ccccc4c(-c4ccccc4)c4cc(C5=CC=CCC5)ccc34)cc21. The topological polar surface area (TPSA) is 0 Å². The predicted molar refractivity (Wildman–Crippen MR) is 176 cm³/mol. The van der Waals surface area contributed by atoms with E-state index in [1.807, 2.05) is 0 Å². The van der Waals surface area contributed by atoms with Gasteiger partial charge in [-0.2, -0.15) is 0 Å². The van der Waals surface area contributed by atoms with E-state index < -0.39 is 0 Å². The van der Waals surface area contributed by atoms with Crippen LogP contribution in [0.25, 0.3) is 60.5 Å². The predicted octanol–water partition coefficient (Wildman–Crippen LogP) is 11.4. The zero-order chi connectivity index (χ0) is 27.6. The van der Waals surface area contributed by atoms with E-state index in [1.54, 1.807) is 0 Å². The normalized spacial score (nSPS) is 15.1. The molecule has 0 saturated carbocycles. The Labute approximate surface area is 242 Å². The van der Waals surface area contributed by atoms with Crippen LogP contribution >= 0.6 is 0 Å². The van der Waals surface area contributed by atoms with Crippen LogP contribution in [0.3, 0.4) is 0 Å². The van der Waals surface area contributed by atoms with E-state index in [4.69, 9.17) is 0 Å². The second kappa shape index (κ2) is 9.18. The Hall–Kier alpha value is -4.68. The fourth-order valence-electron chi connectivity index (χ4n) is 7.31. The zero-order valence-electron chi connectivity index (χ0n) is 23.6. The third kappa shape index (κ3) is 3.67. The van der Waals surface area contributed by atoms with Crippen LogP contribution in [0.4, 0.5) is 0 Å². The molecule has 0 aromatic heterocycles. The molecule has 2 aliphatic rings. The summed E-state index contributed by atoms with van der Waals surface area (Å²) in [4.78, 5) is 0. The quantitative estimate of drug-likeness (QED) is 0.202. The first kappa shape index (κ1) is 24.1. The lowest BCUT2D eigenvalue weighted by Gasteiger charge is -2.23. The van der Waals surface area contributed by atoms with Gasteiger partial charge in [0.2, 0.25) is 0 Å². The lowest BCUT2D eigenvalue weighted by Crippen LogP contribution is -2.14. The lowest BCUT2D eigenvalue weighted by molar-refractivity contribution is 0.660. The second-order valence-electron chi connectivity index (χ2n) is 12.0. The summed E-state index contributed by atoms with van der Waals surface area (Å²) in [5.41, 5.74) is 13.5. The molecule has 0 aliphatic heterocycles. The summed E-state index contributed by atoms with van der Waals surface area (Å²) < 4.78 is 0. The van der Waals surface area contributed by atoms with E-state index in [2.05, 4.69) is 147 Å². The number of hydrogen-bond donors (Lipinski definition) is 0. The van der Waals surface area contributed by atoms with Gasteiger partial charge in [-0.25, -0.2) is 0 Å². The Morgan fingerprint density at radius 1 is 0.512 bits per heavy atom. The molecule has 8 rings (SSSR count). The molecule has 2 aliphatic carbocycles. The Balaban J connectivity index is 1.46. The van der Waals surface area contributed by atoms with Crippen LogP contribution in [0.2, 0.25) is 0 Å². The van der Waals surface area contributed by atoms with Gasteiger partial charge in [-0.15, -0.1) is 0 Å². The summed E-state index contributed by atoms with van der Waals surface area (Å²) >= 11 is 0. The van der Waals surface area contributed by atoms with E-state index in [0.717, 1.165) is 12.8 Å². The van der Waals surface area contributed by atoms with E-state index >= 15 is 0 Å². The highest BCUT2D eigenvalue weighted by Gasteiger charge is 2.35. The molecular weight excluding hydrogens is 492 g/mol. The number of hydrogen-bond acceptors (Lipinski definition) is 0. The van der Waals surface area contributed by atoms with Crippen LogP contribution in [0.5, 0.6) is 0 Å². The molecule has 6 aromatic rings. The summed E-state index contributed by atoms with van der Waals surface area (Å²) in [6.45, 7) is 4.74. The van der Waals surface area contributed by atoms with Crippen LogP contribution in [0.1, 0.15) is 43.4 Å². The molecule has 0 heteroatoms. The minimum atomic E-state index is -0.0360. The number of allylic oxidation sites excluding steroid dienone is 4. The van der Waals surface area contributed by atoms with Gasteiger partial charge in [-0.1, -0.05) is 135 Å². The van der Waals surface area contributed by atoms with Crippen LogP contribution in [0.15, 0.2) is 133 Å². The van der Waals surface area contributed by atoms with Crippen molar-refractivity contribution in [1.29, 1.82) is 0 Å². The van der Waals surface area contributed by atoms with Gasteiger partial charge in [0, 0.05) is 5.41 Å². The second-order valence-corrected chi connectivity index (χ2v) is 12.0. The molecule has 6 aromatic carbocycles. The fourth-order valence-corrected chi connectivity index (χ4v) is 7.31. The molecule has 0 saturated heterocycles. The van der Waals surface area contributed by atoms with Crippen LogP contribution in [0, 0.1) is 0 Å². The maximum absolute atomic E-state index is 2.47. The number of benzene rings is 6. The van der Waals surface area contributed by atoms with Crippen molar-refractivity contribution in [3.05, 3.63) is 150 Å². The van der Waals surface area contributed by atoms with Crippen molar-refractivity contribution in [2.75, 3.05) is 0 Å². The van der Waals surface area contributed by atoms with Crippen LogP contribution < -0.4 is 0 Å². The Kier molecular flexibility index (Phi) is 5.41. The molecule has 0 radical (unpaired) electrons. The molecule has 0 atom stereocenters. The minimum Gasteiger partial charge on any atom is -0.0842 e. The Morgan fingerprint density at radius 2 is 1.17 bits per heavy atom. The first-order valence-electron chi connectivity index (χ1n) is 14.8. The van der Waals surface area contributed by atoms with Gasteiger partial charge in [-0.3, -0.25) is 0 Å². The minimum absolute atomic E-state index is 0.0360. The summed E-state index contributed by atoms with van der Waals surface area (Å²) in [7, 11) is 0. The van der Waals surface area contributed by atoms with Gasteiger partial charge in [0.1, 0.15) is 0 Å². The van der Waals surface area contributed by atoms with E-state index in [0.29, 0.717) is 0 Å². The maximum Gasteiger partial charge on any atom is 0.0159 e. The molecular formula is C41H32. The van der Waals surface area contributed by atoms with Crippen molar-refractivity contribution in [2.24, 2.45) is 0 Å². The molecule has 0 nitrogen and oxygen atoms in total. The largest absolute Gasteiger partial charge is 0.0842 e. The molecule has 0 spiro atoms. The molecule has 41 heavy (non-hydrogen) atoms. The third-order valence-electron chi connectivity index (χ3n) is 9.34. The Morgan fingerprint density at radius 3 is 1.95 bits per heavy atom. The number of rotatable bonds is 3. The van der Waals surface area contributed by atoms with Crippen molar-refractivity contribution in [2.45, 2.75) is 32.1 Å². The molecule has 196 valence electrons. The summed E-state index contributed by atoms with van der Waals surface area (Å²) in [6.07, 6.45) is 8.95. The van der Waals surface area contributed by atoms with Gasteiger partial charge in [-0.05, 0) is 102 Å². The average molecular weight is 525 g/mol. The molecule has 0 N–H and O–H groups in total. The smallest absolute Gasteiger partial charge is 0.0159 e. The summed E-state index contributed by atoms with van der Waals surface area (Å²) in [6, 6.07) is 43.2. The van der Waals surface area contributed by atoms with Gasteiger partial charge in [0.05, 0.1) is 0 Å². The highest BCUT2D eigenvalue weighted by molar-refractivity contribution is 6.21. The standard InChI is InChI=1S/C41H32/c1-41(2)37-20-12-11-17-31(37)32-23-22-30(26-38(32)41)40-34-19-10-9-18-33(34)39(28-15-7-4-8-16-28)36-25-29(21-24-35(36)40)27-13-5-3-6-14-27/h3-5,7-13,15-26H,6,14H2,1-2H3. The highest BCUT2D eigenvalue weighted by atomic mass is 14.4. The van der Waals surface area contributed by atoms with Gasteiger partial charge in [0.25, 0.3) is 0 Å². The summed E-state index contributed by atoms with van der Waals surface area (Å²) in [5, 5.41) is 5.24. The van der Waals surface area contributed by atoms with Crippen molar-refractivity contribution in [1.82, 2.24) is 0 Å². The molecule has 0 unspecified atom stereocenters. The van der Waals surface area contributed by atoms with E-state index in [1.165, 1.54) is 77.2 Å². The molecule has 0 bridgehead atoms.